The Morgan fingerprint density at radius 1 is 1.26 bits per heavy atom. The summed E-state index contributed by atoms with van der Waals surface area (Å²) in [6, 6.07) is 0. The molecule has 3 nitrogen and oxygen atoms in total. The van der Waals surface area contributed by atoms with E-state index in [1.807, 2.05) is 6.08 Å². The topological polar surface area (TPSA) is 66.5 Å². The van der Waals surface area contributed by atoms with Crippen LogP contribution in [-0.4, -0.2) is 29.0 Å². The van der Waals surface area contributed by atoms with Crippen LogP contribution < -0.4 is 5.73 Å². The van der Waals surface area contributed by atoms with Gasteiger partial charge >= 0.3 is 0 Å². The molecule has 0 bridgehead atoms. The maximum atomic E-state index is 10.4. The van der Waals surface area contributed by atoms with Crippen molar-refractivity contribution < 1.29 is 10.2 Å². The molecular weight excluding hydrogens is 286 g/mol. The highest BCUT2D eigenvalue weighted by Crippen LogP contribution is 2.50. The Hall–Kier alpha value is -0.640. The molecule has 2 saturated carbocycles. The van der Waals surface area contributed by atoms with Crippen molar-refractivity contribution >= 4 is 0 Å². The molecule has 0 amide bonds. The second-order valence-electron chi connectivity index (χ2n) is 7.45. The summed E-state index contributed by atoms with van der Waals surface area (Å²) in [5.74, 6) is 1.41. The minimum absolute atomic E-state index is 0.223. The molecule has 4 N–H and O–H groups in total. The lowest BCUT2D eigenvalue weighted by atomic mass is 9.90. The van der Waals surface area contributed by atoms with E-state index in [1.54, 1.807) is 5.57 Å². The molecule has 0 spiro atoms. The van der Waals surface area contributed by atoms with Crippen molar-refractivity contribution in [2.75, 3.05) is 6.54 Å². The van der Waals surface area contributed by atoms with Crippen molar-refractivity contribution in [2.24, 2.45) is 23.5 Å². The minimum Gasteiger partial charge on any atom is -0.392 e. The van der Waals surface area contributed by atoms with Gasteiger partial charge < -0.3 is 15.9 Å². The first-order chi connectivity index (χ1) is 11.2. The second-order valence-corrected chi connectivity index (χ2v) is 7.45. The van der Waals surface area contributed by atoms with Crippen molar-refractivity contribution in [3.63, 3.8) is 0 Å². The van der Waals surface area contributed by atoms with Crippen molar-refractivity contribution in [3.8, 4) is 0 Å². The number of fused-ring (bicyclic) bond motifs is 1. The zero-order valence-electron chi connectivity index (χ0n) is 14.7. The molecule has 132 valence electrons. The zero-order valence-corrected chi connectivity index (χ0v) is 14.7. The molecule has 2 aliphatic rings. The summed E-state index contributed by atoms with van der Waals surface area (Å²) in [6.07, 6.45) is 15.4. The fourth-order valence-corrected chi connectivity index (χ4v) is 4.32. The summed E-state index contributed by atoms with van der Waals surface area (Å²) < 4.78 is 0. The molecule has 23 heavy (non-hydrogen) atoms. The minimum atomic E-state index is -0.353. The molecule has 2 aliphatic carbocycles. The van der Waals surface area contributed by atoms with E-state index in [0.29, 0.717) is 11.8 Å². The van der Waals surface area contributed by atoms with Crippen LogP contribution in [0.3, 0.4) is 0 Å². The maximum absolute atomic E-state index is 10.4. The highest BCUT2D eigenvalue weighted by molar-refractivity contribution is 5.17. The predicted octanol–water partition coefficient (Wildman–Crippen LogP) is 3.56. The van der Waals surface area contributed by atoms with Crippen LogP contribution in [0.1, 0.15) is 64.7 Å². The summed E-state index contributed by atoms with van der Waals surface area (Å²) in [5.41, 5.74) is 7.12. The van der Waals surface area contributed by atoms with E-state index in [4.69, 9.17) is 5.73 Å². The zero-order chi connectivity index (χ0) is 16.7. The number of hydrogen-bond donors (Lipinski definition) is 3. The Morgan fingerprint density at radius 3 is 2.83 bits per heavy atom. The molecule has 0 radical (unpaired) electrons. The standard InChI is InChI=1S/C20H35NO2/c1-2-3-4-8-17(22)9-10-18-19-13-15(7-5-6-11-21)12-16(19)14-20(18)23/h7,9-10,16-20,22-23H,2-6,8,11-14,21H2,1H3/t16-,17-,18+,19-,20+/m0/s1. The maximum Gasteiger partial charge on any atom is 0.0721 e. The van der Waals surface area contributed by atoms with Crippen LogP contribution in [0.25, 0.3) is 0 Å². The van der Waals surface area contributed by atoms with Gasteiger partial charge in [-0.3, -0.25) is 0 Å². The number of unbranched alkanes of at least 4 members (excludes halogenated alkanes) is 3. The molecule has 0 aromatic carbocycles. The van der Waals surface area contributed by atoms with E-state index in [1.165, 1.54) is 12.8 Å². The van der Waals surface area contributed by atoms with Gasteiger partial charge in [-0.1, -0.05) is 50.0 Å². The van der Waals surface area contributed by atoms with Crippen molar-refractivity contribution in [2.45, 2.75) is 76.9 Å². The fourth-order valence-electron chi connectivity index (χ4n) is 4.32. The number of aliphatic hydroxyl groups is 2. The Kier molecular flexibility index (Phi) is 7.81. The summed E-state index contributed by atoms with van der Waals surface area (Å²) >= 11 is 0. The van der Waals surface area contributed by atoms with Crippen LogP contribution in [0.5, 0.6) is 0 Å². The molecule has 0 aromatic rings. The third-order valence-corrected chi connectivity index (χ3v) is 5.61. The summed E-state index contributed by atoms with van der Waals surface area (Å²) in [7, 11) is 0. The van der Waals surface area contributed by atoms with E-state index in [0.717, 1.165) is 51.5 Å². The molecule has 0 saturated heterocycles. The molecule has 0 aromatic heterocycles. The lowest BCUT2D eigenvalue weighted by Crippen LogP contribution is -2.17. The Labute approximate surface area is 141 Å². The van der Waals surface area contributed by atoms with E-state index < -0.39 is 0 Å². The second kappa shape index (κ2) is 9.61. The number of aliphatic hydroxyl groups excluding tert-OH is 2. The van der Waals surface area contributed by atoms with E-state index in [9.17, 15) is 10.2 Å². The van der Waals surface area contributed by atoms with Gasteiger partial charge in [0.25, 0.3) is 0 Å². The monoisotopic (exact) mass is 321 g/mol. The highest BCUT2D eigenvalue weighted by atomic mass is 16.3. The molecule has 2 rings (SSSR count). The smallest absolute Gasteiger partial charge is 0.0721 e. The number of nitrogens with two attached hydrogens (primary N) is 1. The molecule has 5 atom stereocenters. The summed E-state index contributed by atoms with van der Waals surface area (Å²) in [4.78, 5) is 0. The third-order valence-electron chi connectivity index (χ3n) is 5.61. The first kappa shape index (κ1) is 18.7. The van der Waals surface area contributed by atoms with Crippen molar-refractivity contribution in [3.05, 3.63) is 23.8 Å². The Balaban J connectivity index is 1.85. The molecule has 3 heteroatoms. The predicted molar refractivity (Wildman–Crippen MR) is 96.0 cm³/mol. The van der Waals surface area contributed by atoms with Crippen LogP contribution in [-0.2, 0) is 0 Å². The molecule has 0 unspecified atom stereocenters. The van der Waals surface area contributed by atoms with Crippen molar-refractivity contribution in [1.82, 2.24) is 0 Å². The first-order valence-electron chi connectivity index (χ1n) is 9.58. The van der Waals surface area contributed by atoms with Crippen LogP contribution in [0, 0.1) is 17.8 Å². The summed E-state index contributed by atoms with van der Waals surface area (Å²) in [5, 5.41) is 20.4. The lowest BCUT2D eigenvalue weighted by Gasteiger charge is -2.17. The number of rotatable bonds is 9. The molecular formula is C20H35NO2. The third kappa shape index (κ3) is 5.44. The van der Waals surface area contributed by atoms with Gasteiger partial charge in [0.1, 0.15) is 0 Å². The Bertz CT molecular complexity index is 404. The van der Waals surface area contributed by atoms with Gasteiger partial charge in [-0.05, 0) is 56.9 Å². The van der Waals surface area contributed by atoms with Crippen molar-refractivity contribution in [1.29, 1.82) is 0 Å². The quantitative estimate of drug-likeness (QED) is 0.449. The average Bonchev–Trinajstić information content (AvgIpc) is 3.02. The average molecular weight is 322 g/mol. The summed E-state index contributed by atoms with van der Waals surface area (Å²) in [6.45, 7) is 2.94. The van der Waals surface area contributed by atoms with Crippen LogP contribution in [0.4, 0.5) is 0 Å². The van der Waals surface area contributed by atoms with Gasteiger partial charge in [0.05, 0.1) is 12.2 Å². The van der Waals surface area contributed by atoms with Gasteiger partial charge in [0.15, 0.2) is 0 Å². The number of hydrogen-bond acceptors (Lipinski definition) is 3. The fraction of sp³-hybridized carbons (Fsp3) is 0.800. The number of allylic oxidation sites excluding steroid dienone is 2. The Morgan fingerprint density at radius 2 is 2.09 bits per heavy atom. The van der Waals surface area contributed by atoms with Crippen LogP contribution in [0.15, 0.2) is 23.8 Å². The molecule has 0 aliphatic heterocycles. The van der Waals surface area contributed by atoms with E-state index >= 15 is 0 Å². The van der Waals surface area contributed by atoms with Gasteiger partial charge in [0, 0.05) is 5.92 Å². The van der Waals surface area contributed by atoms with E-state index in [-0.39, 0.29) is 18.1 Å². The molecule has 0 heterocycles. The van der Waals surface area contributed by atoms with Gasteiger partial charge in [0.2, 0.25) is 0 Å². The lowest BCUT2D eigenvalue weighted by molar-refractivity contribution is 0.139. The first-order valence-corrected chi connectivity index (χ1v) is 9.58. The van der Waals surface area contributed by atoms with Gasteiger partial charge in [-0.2, -0.15) is 0 Å². The normalized spacial score (nSPS) is 33.7. The van der Waals surface area contributed by atoms with Gasteiger partial charge in [-0.15, -0.1) is 0 Å². The van der Waals surface area contributed by atoms with Gasteiger partial charge in [-0.25, -0.2) is 0 Å². The largest absolute Gasteiger partial charge is 0.392 e. The van der Waals surface area contributed by atoms with Crippen LogP contribution in [0.2, 0.25) is 0 Å². The molecule has 2 fully saturated rings. The highest BCUT2D eigenvalue weighted by Gasteiger charge is 2.44. The van der Waals surface area contributed by atoms with Crippen LogP contribution >= 0.6 is 0 Å². The SMILES string of the molecule is CCCCC[C@H](O)C=C[C@@H]1[C@H]2CC(=CCCCN)C[C@H]2C[C@H]1O. The van der Waals surface area contributed by atoms with E-state index in [2.05, 4.69) is 19.1 Å².